The number of nitrogens with one attached hydrogen (secondary N) is 1. The monoisotopic (exact) mass is 294 g/mol. The minimum absolute atomic E-state index is 0.493. The summed E-state index contributed by atoms with van der Waals surface area (Å²) in [5.74, 6) is 0.655. The van der Waals surface area contributed by atoms with Gasteiger partial charge >= 0.3 is 0 Å². The van der Waals surface area contributed by atoms with Crippen molar-refractivity contribution in [3.8, 4) is 0 Å². The van der Waals surface area contributed by atoms with Gasteiger partial charge in [-0.05, 0) is 38.9 Å². The van der Waals surface area contributed by atoms with Crippen LogP contribution in [0.1, 0.15) is 39.3 Å². The molecule has 1 aromatic rings. The largest absolute Gasteiger partial charge is 0.432 e. The highest BCUT2D eigenvalue weighted by Gasteiger charge is 2.25. The van der Waals surface area contributed by atoms with E-state index in [1.165, 1.54) is 0 Å². The van der Waals surface area contributed by atoms with Gasteiger partial charge in [-0.25, -0.2) is 0 Å². The second-order valence-corrected chi connectivity index (χ2v) is 6.52. The second kappa shape index (κ2) is 7.80. The number of likely N-dealkylation sites (N-methyl/N-ethyl adjacent to an activating group) is 1. The van der Waals surface area contributed by atoms with E-state index in [1.54, 1.807) is 6.26 Å². The van der Waals surface area contributed by atoms with Crippen molar-refractivity contribution in [1.82, 2.24) is 15.2 Å². The molecule has 5 heteroatoms. The third-order valence-electron chi connectivity index (χ3n) is 4.02. The highest BCUT2D eigenvalue weighted by atomic mass is 16.4. The van der Waals surface area contributed by atoms with E-state index in [4.69, 9.17) is 4.42 Å². The fraction of sp³-hybridized carbons (Fsp3) is 0.812. The summed E-state index contributed by atoms with van der Waals surface area (Å²) in [6.07, 6.45) is 4.08. The van der Waals surface area contributed by atoms with Crippen molar-refractivity contribution < 1.29 is 4.42 Å². The van der Waals surface area contributed by atoms with E-state index in [0.717, 1.165) is 57.3 Å². The van der Waals surface area contributed by atoms with Crippen LogP contribution in [-0.2, 0) is 6.54 Å². The van der Waals surface area contributed by atoms with Gasteiger partial charge in [0.25, 0.3) is 6.01 Å². The molecule has 21 heavy (non-hydrogen) atoms. The number of hydrogen-bond donors (Lipinski definition) is 1. The Bertz CT molecular complexity index is 418. The molecular formula is C16H30N4O. The van der Waals surface area contributed by atoms with E-state index in [-0.39, 0.29) is 0 Å². The minimum Gasteiger partial charge on any atom is -0.432 e. The lowest BCUT2D eigenvalue weighted by Crippen LogP contribution is -2.40. The lowest BCUT2D eigenvalue weighted by molar-refractivity contribution is 0.325. The molecule has 2 rings (SSSR count). The molecule has 0 spiro atoms. The summed E-state index contributed by atoms with van der Waals surface area (Å²) in [5.41, 5.74) is 0.998. The zero-order valence-electron chi connectivity index (χ0n) is 13.9. The van der Waals surface area contributed by atoms with Crippen LogP contribution in [0.3, 0.4) is 0 Å². The van der Waals surface area contributed by atoms with Gasteiger partial charge in [0.1, 0.15) is 6.26 Å². The topological polar surface area (TPSA) is 44.5 Å². The van der Waals surface area contributed by atoms with Crippen molar-refractivity contribution in [2.24, 2.45) is 5.92 Å². The molecule has 1 aromatic heterocycles. The molecule has 0 radical (unpaired) electrons. The third-order valence-corrected chi connectivity index (χ3v) is 4.02. The Labute approximate surface area is 128 Å². The molecule has 0 aromatic carbocycles. The molecular weight excluding hydrogens is 264 g/mol. The highest BCUT2D eigenvalue weighted by molar-refractivity contribution is 5.29. The number of hydrogen-bond acceptors (Lipinski definition) is 5. The first-order valence-electron chi connectivity index (χ1n) is 8.20. The minimum atomic E-state index is 0.493. The summed E-state index contributed by atoms with van der Waals surface area (Å²) in [7, 11) is 2.20. The van der Waals surface area contributed by atoms with Crippen LogP contribution in [0.25, 0.3) is 0 Å². The van der Waals surface area contributed by atoms with Crippen molar-refractivity contribution in [3.63, 3.8) is 0 Å². The lowest BCUT2D eigenvalue weighted by Gasteiger charge is -2.28. The van der Waals surface area contributed by atoms with Crippen LogP contribution in [0.5, 0.6) is 0 Å². The van der Waals surface area contributed by atoms with Gasteiger partial charge < -0.3 is 19.5 Å². The van der Waals surface area contributed by atoms with Crippen molar-refractivity contribution >= 4 is 6.01 Å². The SMILES string of the molecule is CCC1CN(C)CCCN1c1nc(CNCC(C)C)co1. The summed E-state index contributed by atoms with van der Waals surface area (Å²) in [4.78, 5) is 9.42. The van der Waals surface area contributed by atoms with E-state index in [9.17, 15) is 0 Å². The molecule has 0 saturated carbocycles. The molecule has 2 heterocycles. The molecule has 1 saturated heterocycles. The van der Waals surface area contributed by atoms with Crippen LogP contribution in [0.2, 0.25) is 0 Å². The Morgan fingerprint density at radius 3 is 2.95 bits per heavy atom. The van der Waals surface area contributed by atoms with Gasteiger partial charge in [0.05, 0.1) is 5.69 Å². The van der Waals surface area contributed by atoms with Crippen LogP contribution in [-0.4, -0.2) is 49.2 Å². The molecule has 1 aliphatic heterocycles. The molecule has 1 fully saturated rings. The summed E-state index contributed by atoms with van der Waals surface area (Å²) < 4.78 is 5.74. The van der Waals surface area contributed by atoms with E-state index in [1.807, 2.05) is 0 Å². The first-order valence-corrected chi connectivity index (χ1v) is 8.20. The molecule has 5 nitrogen and oxygen atoms in total. The molecule has 120 valence electrons. The standard InChI is InChI=1S/C16H30N4O/c1-5-15-11-19(4)7-6-8-20(15)16-18-14(12-21-16)10-17-9-13(2)3/h12-13,15,17H,5-11H2,1-4H3. The maximum Gasteiger partial charge on any atom is 0.297 e. The van der Waals surface area contributed by atoms with Crippen LogP contribution < -0.4 is 10.2 Å². The van der Waals surface area contributed by atoms with Gasteiger partial charge in [-0.1, -0.05) is 20.8 Å². The number of rotatable bonds is 6. The van der Waals surface area contributed by atoms with E-state index < -0.39 is 0 Å². The summed E-state index contributed by atoms with van der Waals surface area (Å²) in [6.45, 7) is 11.7. The smallest absolute Gasteiger partial charge is 0.297 e. The molecule has 0 aliphatic carbocycles. The maximum absolute atomic E-state index is 5.74. The first kappa shape index (κ1) is 16.3. The second-order valence-electron chi connectivity index (χ2n) is 6.52. The van der Waals surface area contributed by atoms with Crippen molar-refractivity contribution in [2.75, 3.05) is 38.1 Å². The molecule has 0 amide bonds. The van der Waals surface area contributed by atoms with E-state index >= 15 is 0 Å². The van der Waals surface area contributed by atoms with Gasteiger partial charge in [-0.2, -0.15) is 4.98 Å². The van der Waals surface area contributed by atoms with Crippen molar-refractivity contribution in [2.45, 2.75) is 46.2 Å². The van der Waals surface area contributed by atoms with Crippen molar-refractivity contribution in [3.05, 3.63) is 12.0 Å². The average Bonchev–Trinajstić information content (AvgIpc) is 2.81. The lowest BCUT2D eigenvalue weighted by atomic mass is 10.2. The van der Waals surface area contributed by atoms with E-state index in [2.05, 4.69) is 47.9 Å². The molecule has 1 aliphatic rings. The highest BCUT2D eigenvalue weighted by Crippen LogP contribution is 2.21. The Balaban J connectivity index is 1.98. The fourth-order valence-corrected chi connectivity index (χ4v) is 2.84. The summed E-state index contributed by atoms with van der Waals surface area (Å²) >= 11 is 0. The Morgan fingerprint density at radius 1 is 1.43 bits per heavy atom. The van der Waals surface area contributed by atoms with E-state index in [0.29, 0.717) is 12.0 Å². The van der Waals surface area contributed by atoms with Gasteiger partial charge in [0.2, 0.25) is 0 Å². The zero-order valence-corrected chi connectivity index (χ0v) is 13.9. The molecule has 0 bridgehead atoms. The van der Waals surface area contributed by atoms with Gasteiger partial charge in [0.15, 0.2) is 0 Å². The third kappa shape index (κ3) is 4.71. The maximum atomic E-state index is 5.74. The average molecular weight is 294 g/mol. The van der Waals surface area contributed by atoms with Crippen LogP contribution >= 0.6 is 0 Å². The molecule has 1 N–H and O–H groups in total. The first-order chi connectivity index (χ1) is 10.1. The molecule has 1 atom stereocenters. The van der Waals surface area contributed by atoms with Crippen molar-refractivity contribution in [1.29, 1.82) is 0 Å². The number of oxazole rings is 1. The number of anilines is 1. The number of nitrogens with zero attached hydrogens (tertiary/aromatic N) is 3. The summed E-state index contributed by atoms with van der Waals surface area (Å²) in [5, 5.41) is 3.41. The fourth-order valence-electron chi connectivity index (χ4n) is 2.84. The summed E-state index contributed by atoms with van der Waals surface area (Å²) in [6, 6.07) is 1.28. The van der Waals surface area contributed by atoms with Crippen LogP contribution in [0.15, 0.2) is 10.7 Å². The van der Waals surface area contributed by atoms with Gasteiger partial charge in [-0.15, -0.1) is 0 Å². The zero-order chi connectivity index (χ0) is 15.2. The predicted molar refractivity (Wildman–Crippen MR) is 86.6 cm³/mol. The Kier molecular flexibility index (Phi) is 6.06. The van der Waals surface area contributed by atoms with Crippen LogP contribution in [0, 0.1) is 5.92 Å². The van der Waals surface area contributed by atoms with Gasteiger partial charge in [-0.3, -0.25) is 0 Å². The Morgan fingerprint density at radius 2 is 2.24 bits per heavy atom. The van der Waals surface area contributed by atoms with Gasteiger partial charge in [0, 0.05) is 25.7 Å². The van der Waals surface area contributed by atoms with Crippen LogP contribution in [0.4, 0.5) is 6.01 Å². The predicted octanol–water partition coefficient (Wildman–Crippen LogP) is 2.34. The normalized spacial score (nSPS) is 21.0. The molecule has 1 unspecified atom stereocenters. The number of aromatic nitrogens is 1. The quantitative estimate of drug-likeness (QED) is 0.872. The Hall–Kier alpha value is -1.07.